The fourth-order valence-corrected chi connectivity index (χ4v) is 1.89. The van der Waals surface area contributed by atoms with Gasteiger partial charge in [0.2, 0.25) is 5.91 Å². The van der Waals surface area contributed by atoms with Crippen LogP contribution in [0.1, 0.15) is 25.7 Å². The monoisotopic (exact) mass is 273 g/mol. The number of hydrogen-bond donors (Lipinski definition) is 4. The second-order valence-corrected chi connectivity index (χ2v) is 4.51. The number of aliphatic carboxylic acids is 1. The van der Waals surface area contributed by atoms with E-state index in [9.17, 15) is 14.4 Å². The molecule has 1 aliphatic rings. The summed E-state index contributed by atoms with van der Waals surface area (Å²) in [4.78, 5) is 35.0. The van der Waals surface area contributed by atoms with Crippen LogP contribution in [0.25, 0.3) is 0 Å². The first-order chi connectivity index (χ1) is 8.95. The van der Waals surface area contributed by atoms with Crippen LogP contribution >= 0.6 is 0 Å². The number of aliphatic hydroxyl groups excluding tert-OH is 1. The third-order valence-corrected chi connectivity index (χ3v) is 3.12. The molecule has 19 heavy (non-hydrogen) atoms. The summed E-state index contributed by atoms with van der Waals surface area (Å²) in [7, 11) is 0. The molecule has 1 saturated carbocycles. The molecule has 0 saturated heterocycles. The third-order valence-electron chi connectivity index (χ3n) is 3.12. The van der Waals surface area contributed by atoms with Crippen molar-refractivity contribution < 1.29 is 24.6 Å². The maximum absolute atomic E-state index is 12.0. The minimum Gasteiger partial charge on any atom is -0.480 e. The molecule has 8 nitrogen and oxygen atoms in total. The number of hydrogen-bond acceptors (Lipinski definition) is 4. The second-order valence-electron chi connectivity index (χ2n) is 4.51. The van der Waals surface area contributed by atoms with Crippen LogP contribution in [0, 0.1) is 0 Å². The number of primary amides is 1. The molecular weight excluding hydrogens is 254 g/mol. The van der Waals surface area contributed by atoms with Crippen LogP contribution in [0.4, 0.5) is 4.79 Å². The maximum atomic E-state index is 12.0. The van der Waals surface area contributed by atoms with Crippen molar-refractivity contribution in [3.8, 4) is 0 Å². The van der Waals surface area contributed by atoms with Gasteiger partial charge in [0.25, 0.3) is 0 Å². The highest BCUT2D eigenvalue weighted by atomic mass is 16.4. The fourth-order valence-electron chi connectivity index (χ4n) is 1.89. The van der Waals surface area contributed by atoms with E-state index >= 15 is 0 Å². The molecule has 108 valence electrons. The summed E-state index contributed by atoms with van der Waals surface area (Å²) in [6.45, 7) is -0.0586. The lowest BCUT2D eigenvalue weighted by atomic mass is 9.91. The number of urea groups is 1. The summed E-state index contributed by atoms with van der Waals surface area (Å²) in [5.41, 5.74) is 4.93. The van der Waals surface area contributed by atoms with E-state index in [1.54, 1.807) is 0 Å². The molecule has 0 aliphatic heterocycles. The number of amides is 3. The molecule has 5 N–H and O–H groups in total. The van der Waals surface area contributed by atoms with Crippen LogP contribution in [0.15, 0.2) is 0 Å². The number of nitrogens with zero attached hydrogens (tertiary/aromatic N) is 1. The van der Waals surface area contributed by atoms with Crippen molar-refractivity contribution in [3.05, 3.63) is 0 Å². The van der Waals surface area contributed by atoms with Crippen LogP contribution in [0.2, 0.25) is 0 Å². The van der Waals surface area contributed by atoms with Gasteiger partial charge in [0.1, 0.15) is 6.04 Å². The lowest BCUT2D eigenvalue weighted by Crippen LogP contribution is -2.54. The van der Waals surface area contributed by atoms with Gasteiger partial charge in [-0.05, 0) is 19.3 Å². The quantitative estimate of drug-likeness (QED) is 0.466. The van der Waals surface area contributed by atoms with Crippen molar-refractivity contribution in [2.75, 3.05) is 13.2 Å². The Kier molecular flexibility index (Phi) is 5.56. The zero-order valence-corrected chi connectivity index (χ0v) is 10.5. The molecule has 0 radical (unpaired) electrons. The minimum absolute atomic E-state index is 0.0233. The summed E-state index contributed by atoms with van der Waals surface area (Å²) < 4.78 is 0. The average molecular weight is 273 g/mol. The van der Waals surface area contributed by atoms with Crippen molar-refractivity contribution in [2.24, 2.45) is 5.73 Å². The van der Waals surface area contributed by atoms with Crippen molar-refractivity contribution >= 4 is 17.9 Å². The molecule has 0 spiro atoms. The highest BCUT2D eigenvalue weighted by Crippen LogP contribution is 2.24. The molecule has 0 heterocycles. The fraction of sp³-hybridized carbons (Fsp3) is 0.727. The van der Waals surface area contributed by atoms with Crippen molar-refractivity contribution in [3.63, 3.8) is 0 Å². The normalized spacial score (nSPS) is 16.3. The molecule has 0 aromatic heterocycles. The Bertz CT molecular complexity index is 356. The Labute approximate surface area is 110 Å². The van der Waals surface area contributed by atoms with Gasteiger partial charge in [-0.3, -0.25) is 4.79 Å². The lowest BCUT2D eigenvalue weighted by molar-refractivity contribution is -0.141. The molecular formula is C11H19N3O5. The van der Waals surface area contributed by atoms with E-state index in [2.05, 4.69) is 5.32 Å². The summed E-state index contributed by atoms with van der Waals surface area (Å²) >= 11 is 0. The van der Waals surface area contributed by atoms with Gasteiger partial charge in [0.05, 0.1) is 13.0 Å². The van der Waals surface area contributed by atoms with E-state index in [-0.39, 0.29) is 19.2 Å². The third kappa shape index (κ3) is 4.40. The van der Waals surface area contributed by atoms with Gasteiger partial charge in [-0.1, -0.05) is 0 Å². The molecule has 1 fully saturated rings. The van der Waals surface area contributed by atoms with Crippen LogP contribution in [-0.2, 0) is 9.59 Å². The first-order valence-electron chi connectivity index (χ1n) is 6.14. The van der Waals surface area contributed by atoms with E-state index in [4.69, 9.17) is 15.9 Å². The number of carbonyl (C=O) groups is 3. The van der Waals surface area contributed by atoms with Crippen molar-refractivity contribution in [1.29, 1.82) is 0 Å². The van der Waals surface area contributed by atoms with Crippen molar-refractivity contribution in [1.82, 2.24) is 10.2 Å². The van der Waals surface area contributed by atoms with E-state index in [1.807, 2.05) is 0 Å². The number of carbonyl (C=O) groups excluding carboxylic acids is 2. The molecule has 1 rings (SSSR count). The molecule has 0 unspecified atom stereocenters. The van der Waals surface area contributed by atoms with Crippen LogP contribution in [0.3, 0.4) is 0 Å². The van der Waals surface area contributed by atoms with E-state index in [1.165, 1.54) is 4.90 Å². The van der Waals surface area contributed by atoms with Crippen molar-refractivity contribution in [2.45, 2.75) is 37.8 Å². The van der Waals surface area contributed by atoms with Crippen LogP contribution < -0.4 is 11.1 Å². The standard InChI is InChI=1S/C11H19N3O5/c12-9(16)6-8(10(17)18)13-11(19)14(4-5-15)7-2-1-3-7/h7-8,15H,1-6H2,(H2,12,16)(H,13,19)(H,17,18)/t8-/m0/s1. The van der Waals surface area contributed by atoms with Gasteiger partial charge in [-0.15, -0.1) is 0 Å². The molecule has 0 bridgehead atoms. The molecule has 0 aromatic rings. The topological polar surface area (TPSA) is 133 Å². The number of rotatable bonds is 7. The SMILES string of the molecule is NC(=O)C[C@H](NC(=O)N(CCO)C1CCC1)C(=O)O. The zero-order valence-electron chi connectivity index (χ0n) is 10.5. The Morgan fingerprint density at radius 1 is 1.37 bits per heavy atom. The zero-order chi connectivity index (χ0) is 14.4. The van der Waals surface area contributed by atoms with Gasteiger partial charge in [-0.2, -0.15) is 0 Å². The van der Waals surface area contributed by atoms with Crippen LogP contribution in [0.5, 0.6) is 0 Å². The predicted octanol–water partition coefficient (Wildman–Crippen LogP) is -1.13. The van der Waals surface area contributed by atoms with Gasteiger partial charge in [0, 0.05) is 12.6 Å². The Morgan fingerprint density at radius 2 is 2.00 bits per heavy atom. The average Bonchev–Trinajstić information content (AvgIpc) is 2.24. The van der Waals surface area contributed by atoms with E-state index in [0.717, 1.165) is 19.3 Å². The Balaban J connectivity index is 2.61. The number of nitrogens with two attached hydrogens (primary N) is 1. The smallest absolute Gasteiger partial charge is 0.326 e. The molecule has 3 amide bonds. The van der Waals surface area contributed by atoms with Gasteiger partial charge >= 0.3 is 12.0 Å². The second kappa shape index (κ2) is 6.93. The molecule has 8 heteroatoms. The maximum Gasteiger partial charge on any atom is 0.326 e. The largest absolute Gasteiger partial charge is 0.480 e. The summed E-state index contributed by atoms with van der Waals surface area (Å²) in [6.07, 6.45) is 2.21. The number of carboxylic acid groups (broad SMARTS) is 1. The Morgan fingerprint density at radius 3 is 2.37 bits per heavy atom. The number of carboxylic acids is 1. The lowest BCUT2D eigenvalue weighted by Gasteiger charge is -2.37. The minimum atomic E-state index is -1.34. The van der Waals surface area contributed by atoms with E-state index in [0.29, 0.717) is 0 Å². The van der Waals surface area contributed by atoms with Gasteiger partial charge in [-0.25, -0.2) is 9.59 Å². The van der Waals surface area contributed by atoms with E-state index < -0.39 is 30.4 Å². The molecule has 1 atom stereocenters. The summed E-state index contributed by atoms with van der Waals surface area (Å²) in [5, 5.41) is 20.1. The first kappa shape index (κ1) is 15.2. The molecule has 0 aromatic carbocycles. The Hall–Kier alpha value is -1.83. The highest BCUT2D eigenvalue weighted by molar-refractivity contribution is 5.87. The predicted molar refractivity (Wildman–Crippen MR) is 65.2 cm³/mol. The van der Waals surface area contributed by atoms with Crippen LogP contribution in [-0.4, -0.2) is 58.3 Å². The highest BCUT2D eigenvalue weighted by Gasteiger charge is 2.31. The first-order valence-corrected chi connectivity index (χ1v) is 6.14. The molecule has 1 aliphatic carbocycles. The number of aliphatic hydroxyl groups is 1. The van der Waals surface area contributed by atoms with Gasteiger partial charge < -0.3 is 26.2 Å². The summed E-state index contributed by atoms with van der Waals surface area (Å²) in [5.74, 6) is -2.12. The number of nitrogens with one attached hydrogen (secondary N) is 1. The summed E-state index contributed by atoms with van der Waals surface area (Å²) in [6, 6.07) is -1.91. The van der Waals surface area contributed by atoms with Gasteiger partial charge in [0.15, 0.2) is 0 Å².